The molecule has 164 valence electrons. The summed E-state index contributed by atoms with van der Waals surface area (Å²) in [5.74, 6) is -0.804. The van der Waals surface area contributed by atoms with E-state index in [-0.39, 0.29) is 29.0 Å². The number of hydrogen-bond acceptors (Lipinski definition) is 5. The van der Waals surface area contributed by atoms with Gasteiger partial charge in [-0.25, -0.2) is 0 Å². The SMILES string of the molecule is CC1=C2[C@@H](O)C(=O)[C@]3(C)[C@@H](O)C[C@@]4(C)OC[C@@]4(C)[C@H]3[C@H](C)[C@](O)(C[C@@H]1C)C2(C)C. The summed E-state index contributed by atoms with van der Waals surface area (Å²) in [6.45, 7) is 16.5. The number of carbonyl (C=O) groups is 1. The van der Waals surface area contributed by atoms with E-state index in [0.717, 1.165) is 5.57 Å². The van der Waals surface area contributed by atoms with Gasteiger partial charge in [0.2, 0.25) is 0 Å². The number of aliphatic hydroxyl groups excluding tert-OH is 2. The first-order valence-electron chi connectivity index (χ1n) is 11.1. The molecular weight excluding hydrogens is 368 g/mol. The molecule has 29 heavy (non-hydrogen) atoms. The first kappa shape index (κ1) is 21.5. The van der Waals surface area contributed by atoms with Gasteiger partial charge in [-0.3, -0.25) is 4.79 Å². The van der Waals surface area contributed by atoms with E-state index in [4.69, 9.17) is 4.74 Å². The van der Waals surface area contributed by atoms with E-state index in [1.165, 1.54) is 0 Å². The van der Waals surface area contributed by atoms with Crippen molar-refractivity contribution >= 4 is 5.78 Å². The largest absolute Gasteiger partial charge is 0.392 e. The molecule has 2 bridgehead atoms. The summed E-state index contributed by atoms with van der Waals surface area (Å²) in [5.41, 5.74) is -2.27. The van der Waals surface area contributed by atoms with Gasteiger partial charge >= 0.3 is 0 Å². The highest BCUT2D eigenvalue weighted by molar-refractivity contribution is 5.93. The van der Waals surface area contributed by atoms with Crippen LogP contribution in [0.2, 0.25) is 0 Å². The van der Waals surface area contributed by atoms with E-state index >= 15 is 0 Å². The Hall–Kier alpha value is -0.750. The zero-order chi connectivity index (χ0) is 21.9. The van der Waals surface area contributed by atoms with Crippen LogP contribution in [0.15, 0.2) is 11.1 Å². The van der Waals surface area contributed by atoms with Crippen LogP contribution in [0.4, 0.5) is 0 Å². The molecule has 0 radical (unpaired) electrons. The number of ketones is 1. The Balaban J connectivity index is 2.03. The molecule has 2 saturated carbocycles. The molecule has 0 amide bonds. The van der Waals surface area contributed by atoms with Crippen molar-refractivity contribution in [1.82, 2.24) is 0 Å². The van der Waals surface area contributed by atoms with Gasteiger partial charge in [0.25, 0.3) is 0 Å². The molecule has 0 aromatic carbocycles. The number of fused-ring (bicyclic) bond motifs is 5. The molecule has 0 aromatic rings. The Morgan fingerprint density at radius 2 is 1.62 bits per heavy atom. The third kappa shape index (κ3) is 2.13. The Morgan fingerprint density at radius 3 is 2.14 bits per heavy atom. The van der Waals surface area contributed by atoms with Crippen LogP contribution >= 0.6 is 0 Å². The van der Waals surface area contributed by atoms with Crippen LogP contribution in [-0.4, -0.2) is 51.1 Å². The van der Waals surface area contributed by atoms with Gasteiger partial charge in [-0.1, -0.05) is 40.2 Å². The lowest BCUT2D eigenvalue weighted by atomic mass is 9.38. The summed E-state index contributed by atoms with van der Waals surface area (Å²) in [4.78, 5) is 13.9. The van der Waals surface area contributed by atoms with Crippen LogP contribution in [-0.2, 0) is 9.53 Å². The van der Waals surface area contributed by atoms with Gasteiger partial charge < -0.3 is 20.1 Å². The molecular formula is C24H38O5. The Bertz CT molecular complexity index is 801. The molecule has 3 N–H and O–H groups in total. The van der Waals surface area contributed by atoms with Crippen molar-refractivity contribution in [3.05, 3.63) is 11.1 Å². The Kier molecular flexibility index (Phi) is 4.24. The maximum atomic E-state index is 13.9. The van der Waals surface area contributed by atoms with Crippen LogP contribution in [0.1, 0.15) is 68.2 Å². The summed E-state index contributed by atoms with van der Waals surface area (Å²) in [6, 6.07) is 0. The first-order chi connectivity index (χ1) is 13.1. The van der Waals surface area contributed by atoms with Crippen LogP contribution in [0, 0.1) is 34.0 Å². The number of aliphatic hydroxyl groups is 3. The van der Waals surface area contributed by atoms with Crippen molar-refractivity contribution < 1.29 is 24.9 Å². The minimum Gasteiger partial charge on any atom is -0.392 e. The number of Topliss-reactive ketones (excluding diaryl/α,β-unsaturated/α-hetero) is 1. The fourth-order valence-corrected chi connectivity index (χ4v) is 7.98. The average molecular weight is 407 g/mol. The van der Waals surface area contributed by atoms with E-state index in [1.807, 2.05) is 41.5 Å². The van der Waals surface area contributed by atoms with E-state index < -0.39 is 34.2 Å². The van der Waals surface area contributed by atoms with Crippen molar-refractivity contribution in [2.75, 3.05) is 6.61 Å². The predicted octanol–water partition coefficient (Wildman–Crippen LogP) is 2.86. The lowest BCUT2D eigenvalue weighted by Gasteiger charge is -2.72. The summed E-state index contributed by atoms with van der Waals surface area (Å²) >= 11 is 0. The average Bonchev–Trinajstić information content (AvgIpc) is 2.62. The summed E-state index contributed by atoms with van der Waals surface area (Å²) in [7, 11) is 0. The smallest absolute Gasteiger partial charge is 0.174 e. The fourth-order valence-electron chi connectivity index (χ4n) is 7.98. The molecule has 5 heteroatoms. The normalized spacial score (nSPS) is 56.7. The monoisotopic (exact) mass is 406 g/mol. The maximum Gasteiger partial charge on any atom is 0.174 e. The maximum absolute atomic E-state index is 13.9. The lowest BCUT2D eigenvalue weighted by Crippen LogP contribution is -2.78. The number of ether oxygens (including phenoxy) is 1. The van der Waals surface area contributed by atoms with E-state index in [9.17, 15) is 20.1 Å². The predicted molar refractivity (Wildman–Crippen MR) is 110 cm³/mol. The fraction of sp³-hybridized carbons (Fsp3) is 0.875. The van der Waals surface area contributed by atoms with Gasteiger partial charge in [0.15, 0.2) is 5.78 Å². The van der Waals surface area contributed by atoms with Gasteiger partial charge in [0.1, 0.15) is 6.10 Å². The molecule has 4 aliphatic rings. The number of hydrogen-bond donors (Lipinski definition) is 3. The van der Waals surface area contributed by atoms with Crippen molar-refractivity contribution in [3.8, 4) is 0 Å². The third-order valence-electron chi connectivity index (χ3n) is 10.3. The van der Waals surface area contributed by atoms with Gasteiger partial charge in [0, 0.05) is 17.3 Å². The van der Waals surface area contributed by atoms with Crippen molar-refractivity contribution in [3.63, 3.8) is 0 Å². The second kappa shape index (κ2) is 5.73. The zero-order valence-electron chi connectivity index (χ0n) is 19.2. The second-order valence-corrected chi connectivity index (χ2v) is 11.7. The van der Waals surface area contributed by atoms with Gasteiger partial charge in [0.05, 0.1) is 29.3 Å². The molecule has 3 fully saturated rings. The molecule has 1 saturated heterocycles. The Labute approximate surface area is 174 Å². The van der Waals surface area contributed by atoms with Crippen molar-refractivity contribution in [2.45, 2.75) is 91.6 Å². The number of carbonyl (C=O) groups excluding carboxylic acids is 1. The molecule has 1 aliphatic heterocycles. The molecule has 4 rings (SSSR count). The summed E-state index contributed by atoms with van der Waals surface area (Å²) in [6.07, 6.45) is -1.31. The zero-order valence-corrected chi connectivity index (χ0v) is 19.2. The third-order valence-corrected chi connectivity index (χ3v) is 10.3. The van der Waals surface area contributed by atoms with E-state index in [1.54, 1.807) is 0 Å². The highest BCUT2D eigenvalue weighted by atomic mass is 16.5. The standard InChI is InChI=1S/C24H38O5/c1-12-9-24(28)14(3)18-21(6)11-29-22(21,7)10-15(25)23(18,8)19(27)17(26)16(13(12)2)20(24,4)5/h12,14-15,17-18,25-26,28H,9-11H2,1-8H3/t12-,14-,15-,17+,18+,21-,22+,23+,24+/m0/s1. The molecule has 0 aromatic heterocycles. The molecule has 0 spiro atoms. The number of allylic oxidation sites excluding steroid dienone is 1. The van der Waals surface area contributed by atoms with Gasteiger partial charge in [-0.15, -0.1) is 0 Å². The molecule has 1 heterocycles. The van der Waals surface area contributed by atoms with Gasteiger partial charge in [-0.2, -0.15) is 0 Å². The molecule has 0 unspecified atom stereocenters. The second-order valence-electron chi connectivity index (χ2n) is 11.7. The van der Waals surface area contributed by atoms with Crippen molar-refractivity contribution in [2.24, 2.45) is 34.0 Å². The number of rotatable bonds is 0. The van der Waals surface area contributed by atoms with Crippen molar-refractivity contribution in [1.29, 1.82) is 0 Å². The van der Waals surface area contributed by atoms with Crippen LogP contribution in [0.25, 0.3) is 0 Å². The topological polar surface area (TPSA) is 87.0 Å². The van der Waals surface area contributed by atoms with E-state index in [0.29, 0.717) is 25.0 Å². The minimum absolute atomic E-state index is 0.0719. The quantitative estimate of drug-likeness (QED) is 0.539. The Morgan fingerprint density at radius 1 is 1.03 bits per heavy atom. The molecule has 5 nitrogen and oxygen atoms in total. The van der Waals surface area contributed by atoms with Crippen LogP contribution < -0.4 is 0 Å². The lowest BCUT2D eigenvalue weighted by molar-refractivity contribution is -0.346. The van der Waals surface area contributed by atoms with Gasteiger partial charge in [-0.05, 0) is 50.5 Å². The first-order valence-corrected chi connectivity index (χ1v) is 11.1. The minimum atomic E-state index is -1.32. The molecule has 9 atom stereocenters. The highest BCUT2D eigenvalue weighted by Gasteiger charge is 2.75. The summed E-state index contributed by atoms with van der Waals surface area (Å²) in [5, 5.41) is 35.0. The highest BCUT2D eigenvalue weighted by Crippen LogP contribution is 2.69. The van der Waals surface area contributed by atoms with Crippen LogP contribution in [0.5, 0.6) is 0 Å². The summed E-state index contributed by atoms with van der Waals surface area (Å²) < 4.78 is 5.97. The van der Waals surface area contributed by atoms with Crippen LogP contribution in [0.3, 0.4) is 0 Å². The van der Waals surface area contributed by atoms with E-state index in [2.05, 4.69) is 13.8 Å². The molecule has 3 aliphatic carbocycles.